The fraction of sp³-hybridized carbons (Fsp3) is 0.0952. The van der Waals surface area contributed by atoms with E-state index in [0.29, 0.717) is 23.8 Å². The molecule has 0 bridgehead atoms. The van der Waals surface area contributed by atoms with E-state index < -0.39 is 0 Å². The first-order valence-electron chi connectivity index (χ1n) is 9.19. The molecule has 0 radical (unpaired) electrons. The zero-order chi connectivity index (χ0) is 20.8. The van der Waals surface area contributed by atoms with Gasteiger partial charge in [0.2, 0.25) is 11.9 Å². The van der Waals surface area contributed by atoms with Crippen molar-refractivity contribution in [3.63, 3.8) is 0 Å². The Morgan fingerprint density at radius 2 is 1.73 bits per heavy atom. The Bertz CT molecular complexity index is 1110. The monoisotopic (exact) mass is 401 g/mol. The summed E-state index contributed by atoms with van der Waals surface area (Å²) in [5, 5.41) is 12.7. The molecular weight excluding hydrogens is 382 g/mol. The van der Waals surface area contributed by atoms with Crippen LogP contribution in [0.15, 0.2) is 67.0 Å². The second kappa shape index (κ2) is 8.82. The number of aromatic amines is 1. The molecule has 9 heteroatoms. The van der Waals surface area contributed by atoms with Crippen LogP contribution in [0.3, 0.4) is 0 Å². The maximum absolute atomic E-state index is 12.5. The number of carbonyl (C=O) groups is 1. The minimum Gasteiger partial charge on any atom is -0.497 e. The molecule has 2 aromatic carbocycles. The molecule has 2 heterocycles. The van der Waals surface area contributed by atoms with Crippen molar-refractivity contribution >= 4 is 23.5 Å². The lowest BCUT2D eigenvalue weighted by Crippen LogP contribution is -2.13. The van der Waals surface area contributed by atoms with E-state index in [1.807, 2.05) is 24.3 Å². The van der Waals surface area contributed by atoms with Crippen LogP contribution in [0, 0.1) is 0 Å². The summed E-state index contributed by atoms with van der Waals surface area (Å²) in [7, 11) is 1.63. The van der Waals surface area contributed by atoms with Crippen LogP contribution in [0.1, 0.15) is 21.7 Å². The molecule has 0 unspecified atom stereocenters. The van der Waals surface area contributed by atoms with Crippen molar-refractivity contribution in [3.8, 4) is 5.75 Å². The average molecular weight is 401 g/mol. The first kappa shape index (κ1) is 19.1. The number of benzene rings is 2. The summed E-state index contributed by atoms with van der Waals surface area (Å²) in [6.07, 6.45) is 3.86. The van der Waals surface area contributed by atoms with E-state index in [1.165, 1.54) is 0 Å². The minimum absolute atomic E-state index is 0.225. The number of ether oxygens (including phenoxy) is 1. The molecule has 0 spiro atoms. The van der Waals surface area contributed by atoms with Crippen molar-refractivity contribution in [2.45, 2.75) is 6.42 Å². The van der Waals surface area contributed by atoms with Gasteiger partial charge in [0, 0.05) is 30.1 Å². The molecule has 9 nitrogen and oxygen atoms in total. The van der Waals surface area contributed by atoms with Gasteiger partial charge >= 0.3 is 0 Å². The van der Waals surface area contributed by atoms with Gasteiger partial charge in [-0.15, -0.1) is 5.10 Å². The molecule has 0 fully saturated rings. The Kier molecular flexibility index (Phi) is 5.61. The van der Waals surface area contributed by atoms with Crippen LogP contribution in [0.25, 0.3) is 0 Å². The molecular formula is C21H19N7O2. The summed E-state index contributed by atoms with van der Waals surface area (Å²) in [5.41, 5.74) is 2.31. The number of nitrogens with one attached hydrogen (secondary N) is 3. The standard InChI is InChI=1S/C21H19N7O2/c1-30-17-9-3-14(4-10-17)13-18-25-21(28-27-18)26-19(29)15-5-7-16(8-6-15)24-20-22-11-2-12-23-20/h2-12H,13H2,1H3,(H,22,23,24)(H2,25,26,27,28,29). The molecule has 0 saturated heterocycles. The zero-order valence-corrected chi connectivity index (χ0v) is 16.2. The third-order valence-corrected chi connectivity index (χ3v) is 4.26. The lowest BCUT2D eigenvalue weighted by Gasteiger charge is -2.05. The Morgan fingerprint density at radius 3 is 2.43 bits per heavy atom. The summed E-state index contributed by atoms with van der Waals surface area (Å²) in [6.45, 7) is 0. The Balaban J connectivity index is 1.35. The second-order valence-corrected chi connectivity index (χ2v) is 6.36. The fourth-order valence-electron chi connectivity index (χ4n) is 2.74. The summed E-state index contributed by atoms with van der Waals surface area (Å²) in [5.74, 6) is 1.86. The molecule has 30 heavy (non-hydrogen) atoms. The SMILES string of the molecule is COc1ccc(Cc2nc(NC(=O)c3ccc(Nc4ncccn4)cc3)n[nH]2)cc1. The predicted octanol–water partition coefficient (Wildman–Crippen LogP) is 3.19. The van der Waals surface area contributed by atoms with Crippen LogP contribution in [-0.2, 0) is 6.42 Å². The third kappa shape index (κ3) is 4.76. The van der Waals surface area contributed by atoms with Gasteiger partial charge in [0.1, 0.15) is 11.6 Å². The lowest BCUT2D eigenvalue weighted by molar-refractivity contribution is 0.102. The zero-order valence-electron chi connectivity index (χ0n) is 16.2. The molecule has 0 aliphatic carbocycles. The number of carbonyl (C=O) groups excluding carboxylic acids is 1. The smallest absolute Gasteiger partial charge is 0.258 e. The van der Waals surface area contributed by atoms with Gasteiger partial charge in [0.05, 0.1) is 7.11 Å². The van der Waals surface area contributed by atoms with Crippen molar-refractivity contribution in [2.75, 3.05) is 17.7 Å². The van der Waals surface area contributed by atoms with Gasteiger partial charge in [-0.25, -0.2) is 9.97 Å². The van der Waals surface area contributed by atoms with E-state index in [0.717, 1.165) is 17.0 Å². The average Bonchev–Trinajstić information content (AvgIpc) is 3.22. The molecule has 2 aromatic heterocycles. The highest BCUT2D eigenvalue weighted by Gasteiger charge is 2.11. The van der Waals surface area contributed by atoms with E-state index >= 15 is 0 Å². The number of anilines is 3. The molecule has 3 N–H and O–H groups in total. The highest BCUT2D eigenvalue weighted by molar-refractivity contribution is 6.03. The maximum Gasteiger partial charge on any atom is 0.258 e. The van der Waals surface area contributed by atoms with E-state index in [2.05, 4.69) is 35.8 Å². The van der Waals surface area contributed by atoms with Crippen LogP contribution in [0.5, 0.6) is 5.75 Å². The minimum atomic E-state index is -0.299. The predicted molar refractivity (Wildman–Crippen MR) is 112 cm³/mol. The normalized spacial score (nSPS) is 10.4. The summed E-state index contributed by atoms with van der Waals surface area (Å²) in [4.78, 5) is 25.0. The van der Waals surface area contributed by atoms with Gasteiger partial charge in [0.15, 0.2) is 0 Å². The Labute approximate surface area is 172 Å². The third-order valence-electron chi connectivity index (χ3n) is 4.26. The Morgan fingerprint density at radius 1 is 1.00 bits per heavy atom. The van der Waals surface area contributed by atoms with Crippen molar-refractivity contribution in [1.82, 2.24) is 25.1 Å². The molecule has 4 aromatic rings. The summed E-state index contributed by atoms with van der Waals surface area (Å²) >= 11 is 0. The Hall–Kier alpha value is -4.27. The first-order chi connectivity index (χ1) is 14.7. The summed E-state index contributed by atoms with van der Waals surface area (Å²) < 4.78 is 5.15. The fourth-order valence-corrected chi connectivity index (χ4v) is 2.74. The maximum atomic E-state index is 12.5. The van der Waals surface area contributed by atoms with Gasteiger partial charge in [-0.1, -0.05) is 12.1 Å². The largest absolute Gasteiger partial charge is 0.497 e. The van der Waals surface area contributed by atoms with E-state index in [1.54, 1.807) is 49.8 Å². The summed E-state index contributed by atoms with van der Waals surface area (Å²) in [6, 6.07) is 16.4. The first-order valence-corrected chi connectivity index (χ1v) is 9.19. The van der Waals surface area contributed by atoms with Crippen molar-refractivity contribution in [3.05, 3.63) is 83.9 Å². The molecule has 4 rings (SSSR count). The number of nitrogens with zero attached hydrogens (tertiary/aromatic N) is 4. The van der Waals surface area contributed by atoms with Crippen LogP contribution < -0.4 is 15.4 Å². The van der Waals surface area contributed by atoms with E-state index in [9.17, 15) is 4.79 Å². The van der Waals surface area contributed by atoms with Gasteiger partial charge in [0.25, 0.3) is 5.91 Å². The molecule has 0 atom stereocenters. The number of H-pyrrole nitrogens is 1. The number of rotatable bonds is 7. The number of methoxy groups -OCH3 is 1. The van der Waals surface area contributed by atoms with Gasteiger partial charge in [-0.2, -0.15) is 4.98 Å². The van der Waals surface area contributed by atoms with Crippen molar-refractivity contribution < 1.29 is 9.53 Å². The quantitative estimate of drug-likeness (QED) is 0.435. The van der Waals surface area contributed by atoms with Crippen LogP contribution in [0.4, 0.5) is 17.6 Å². The van der Waals surface area contributed by atoms with E-state index in [-0.39, 0.29) is 11.9 Å². The number of hydrogen-bond donors (Lipinski definition) is 3. The highest BCUT2D eigenvalue weighted by Crippen LogP contribution is 2.16. The molecule has 0 aliphatic rings. The van der Waals surface area contributed by atoms with Crippen molar-refractivity contribution in [2.24, 2.45) is 0 Å². The second-order valence-electron chi connectivity index (χ2n) is 6.36. The van der Waals surface area contributed by atoms with Gasteiger partial charge < -0.3 is 10.1 Å². The molecule has 0 aliphatic heterocycles. The lowest BCUT2D eigenvalue weighted by atomic mass is 10.1. The number of aromatic nitrogens is 5. The molecule has 150 valence electrons. The molecule has 0 saturated carbocycles. The van der Waals surface area contributed by atoms with Crippen LogP contribution in [-0.4, -0.2) is 38.2 Å². The van der Waals surface area contributed by atoms with Gasteiger partial charge in [-0.05, 0) is 48.0 Å². The van der Waals surface area contributed by atoms with Crippen LogP contribution in [0.2, 0.25) is 0 Å². The number of hydrogen-bond acceptors (Lipinski definition) is 7. The topological polar surface area (TPSA) is 118 Å². The highest BCUT2D eigenvalue weighted by atomic mass is 16.5. The number of amides is 1. The van der Waals surface area contributed by atoms with Crippen molar-refractivity contribution in [1.29, 1.82) is 0 Å². The molecule has 1 amide bonds. The van der Waals surface area contributed by atoms with Crippen LogP contribution >= 0.6 is 0 Å². The van der Waals surface area contributed by atoms with E-state index in [4.69, 9.17) is 4.74 Å². The van der Waals surface area contributed by atoms with Gasteiger partial charge in [-0.3, -0.25) is 15.2 Å².